The van der Waals surface area contributed by atoms with Crippen LogP contribution in [-0.4, -0.2) is 45.7 Å². The highest BCUT2D eigenvalue weighted by Crippen LogP contribution is 2.31. The first-order valence-electron chi connectivity index (χ1n) is 13.1. The van der Waals surface area contributed by atoms with E-state index in [1.54, 1.807) is 7.11 Å². The Morgan fingerprint density at radius 3 is 2.55 bits per heavy atom. The zero-order chi connectivity index (χ0) is 26.1. The smallest absolute Gasteiger partial charge is 0.241 e. The lowest BCUT2D eigenvalue weighted by molar-refractivity contribution is -0.121. The molecule has 0 atom stereocenters. The van der Waals surface area contributed by atoms with Gasteiger partial charge in [0.1, 0.15) is 5.75 Å². The van der Waals surface area contributed by atoms with Crippen molar-refractivity contribution in [1.82, 2.24) is 19.6 Å². The number of para-hydroxylation sites is 1. The fourth-order valence-corrected chi connectivity index (χ4v) is 5.44. The zero-order valence-corrected chi connectivity index (χ0v) is 21.7. The highest BCUT2D eigenvalue weighted by atomic mass is 16.5. The number of aromatic nitrogens is 3. The van der Waals surface area contributed by atoms with Gasteiger partial charge in [-0.05, 0) is 81.4 Å². The number of anilines is 1. The van der Waals surface area contributed by atoms with Crippen molar-refractivity contribution < 1.29 is 14.1 Å². The minimum absolute atomic E-state index is 0.0172. The first-order valence-corrected chi connectivity index (χ1v) is 13.1. The van der Waals surface area contributed by atoms with Gasteiger partial charge in [0.25, 0.3) is 0 Å². The predicted octanol–water partition coefficient (Wildman–Crippen LogP) is 5.72. The Balaban J connectivity index is 1.07. The molecule has 1 aliphatic heterocycles. The van der Waals surface area contributed by atoms with E-state index < -0.39 is 0 Å². The van der Waals surface area contributed by atoms with Gasteiger partial charge >= 0.3 is 0 Å². The fraction of sp³-hybridized carbons (Fsp3) is 0.300. The number of aryl methyl sites for hydroxylation is 1. The second-order valence-electron chi connectivity index (χ2n) is 9.77. The van der Waals surface area contributed by atoms with Crippen LogP contribution in [0.25, 0.3) is 33.2 Å². The Hall–Kier alpha value is -4.17. The molecule has 3 heterocycles. The second-order valence-corrected chi connectivity index (χ2v) is 9.77. The number of nitrogens with zero attached hydrogens (tertiary/aromatic N) is 4. The molecule has 194 valence electrons. The van der Waals surface area contributed by atoms with Crippen molar-refractivity contribution in [2.24, 2.45) is 5.92 Å². The lowest BCUT2D eigenvalue weighted by atomic mass is 9.95. The number of fused-ring (bicyclic) bond motifs is 3. The maximum Gasteiger partial charge on any atom is 0.241 e. The number of methoxy groups -OCH3 is 1. The van der Waals surface area contributed by atoms with Crippen LogP contribution >= 0.6 is 0 Å². The summed E-state index contributed by atoms with van der Waals surface area (Å²) < 4.78 is 13.0. The molecule has 0 radical (unpaired) electrons. The van der Waals surface area contributed by atoms with Crippen LogP contribution in [0.2, 0.25) is 0 Å². The standard InChI is InChI=1S/C30H31N5O3/c1-3-35-26-7-5-4-6-24(26)25-18-22(10-13-27(25)35)31-30(36)21-14-16-34(17-15-21)19-28-32-29(33-38-28)20-8-11-23(37-2)12-9-20/h4-13,18,21H,3,14-17,19H2,1-2H3,(H,31,36). The van der Waals surface area contributed by atoms with Gasteiger partial charge in [0.05, 0.1) is 13.7 Å². The van der Waals surface area contributed by atoms with Crippen molar-refractivity contribution in [3.05, 3.63) is 72.6 Å². The zero-order valence-electron chi connectivity index (χ0n) is 21.7. The van der Waals surface area contributed by atoms with E-state index in [-0.39, 0.29) is 11.8 Å². The van der Waals surface area contributed by atoms with E-state index in [0.717, 1.165) is 49.5 Å². The van der Waals surface area contributed by atoms with Crippen LogP contribution in [0.3, 0.4) is 0 Å². The van der Waals surface area contributed by atoms with Crippen LogP contribution < -0.4 is 10.1 Å². The summed E-state index contributed by atoms with van der Waals surface area (Å²) in [6.07, 6.45) is 1.59. The summed E-state index contributed by atoms with van der Waals surface area (Å²) in [4.78, 5) is 19.9. The molecule has 0 spiro atoms. The van der Waals surface area contributed by atoms with Gasteiger partial charge in [-0.1, -0.05) is 23.4 Å². The van der Waals surface area contributed by atoms with Gasteiger partial charge in [-0.25, -0.2) is 0 Å². The van der Waals surface area contributed by atoms with E-state index in [2.05, 4.69) is 68.2 Å². The topological polar surface area (TPSA) is 85.4 Å². The van der Waals surface area contributed by atoms with E-state index in [4.69, 9.17) is 9.26 Å². The lowest BCUT2D eigenvalue weighted by Crippen LogP contribution is -2.37. The highest BCUT2D eigenvalue weighted by Gasteiger charge is 2.26. The maximum atomic E-state index is 13.1. The van der Waals surface area contributed by atoms with Crippen LogP contribution in [0.5, 0.6) is 5.75 Å². The number of carbonyl (C=O) groups is 1. The number of hydrogen-bond acceptors (Lipinski definition) is 6. The van der Waals surface area contributed by atoms with Crippen molar-refractivity contribution in [3.8, 4) is 17.1 Å². The number of piperidine rings is 1. The third-order valence-corrected chi connectivity index (χ3v) is 7.49. The third-order valence-electron chi connectivity index (χ3n) is 7.49. The third kappa shape index (κ3) is 4.63. The molecule has 6 rings (SSSR count). The molecule has 1 aliphatic rings. The minimum atomic E-state index is -0.0172. The molecule has 1 fully saturated rings. The number of amides is 1. The summed E-state index contributed by atoms with van der Waals surface area (Å²) >= 11 is 0. The van der Waals surface area contributed by atoms with Crippen molar-refractivity contribution in [3.63, 3.8) is 0 Å². The summed E-state index contributed by atoms with van der Waals surface area (Å²) in [7, 11) is 1.64. The van der Waals surface area contributed by atoms with E-state index in [9.17, 15) is 4.79 Å². The molecule has 5 aromatic rings. The van der Waals surface area contributed by atoms with Gasteiger partial charge < -0.3 is 19.1 Å². The van der Waals surface area contributed by atoms with Gasteiger partial charge in [-0.15, -0.1) is 0 Å². The Morgan fingerprint density at radius 1 is 1.03 bits per heavy atom. The molecule has 38 heavy (non-hydrogen) atoms. The van der Waals surface area contributed by atoms with Crippen molar-refractivity contribution in [2.45, 2.75) is 32.9 Å². The van der Waals surface area contributed by atoms with Crippen LogP contribution in [0.4, 0.5) is 5.69 Å². The molecule has 1 amide bonds. The second kappa shape index (κ2) is 10.3. The molecule has 0 aliphatic carbocycles. The van der Waals surface area contributed by atoms with Crippen molar-refractivity contribution >= 4 is 33.4 Å². The van der Waals surface area contributed by atoms with Crippen LogP contribution in [0, 0.1) is 5.92 Å². The van der Waals surface area contributed by atoms with Gasteiger partial charge in [-0.3, -0.25) is 9.69 Å². The Morgan fingerprint density at radius 2 is 1.79 bits per heavy atom. The molecule has 8 nitrogen and oxygen atoms in total. The average molecular weight is 510 g/mol. The molecule has 1 N–H and O–H groups in total. The van der Waals surface area contributed by atoms with Gasteiger partial charge in [0.2, 0.25) is 17.6 Å². The summed E-state index contributed by atoms with van der Waals surface area (Å²) in [5.74, 6) is 2.00. The molecule has 0 bridgehead atoms. The molecular formula is C30H31N5O3. The lowest BCUT2D eigenvalue weighted by Gasteiger charge is -2.30. The van der Waals surface area contributed by atoms with Gasteiger partial charge in [-0.2, -0.15) is 4.98 Å². The van der Waals surface area contributed by atoms with E-state index in [1.807, 2.05) is 30.3 Å². The molecule has 0 saturated carbocycles. The summed E-state index contributed by atoms with van der Waals surface area (Å²) in [5.41, 5.74) is 4.14. The number of benzene rings is 3. The van der Waals surface area contributed by atoms with Crippen LogP contribution in [0.15, 0.2) is 71.3 Å². The number of ether oxygens (including phenoxy) is 1. The molecule has 0 unspecified atom stereocenters. The van der Waals surface area contributed by atoms with Gasteiger partial charge in [0.15, 0.2) is 0 Å². The first kappa shape index (κ1) is 24.2. The Labute approximate surface area is 221 Å². The number of likely N-dealkylation sites (tertiary alicyclic amines) is 1. The number of rotatable bonds is 7. The normalized spacial score (nSPS) is 14.8. The Bertz CT molecular complexity index is 1580. The largest absolute Gasteiger partial charge is 0.497 e. The Kier molecular flexibility index (Phi) is 6.55. The monoisotopic (exact) mass is 509 g/mol. The van der Waals surface area contributed by atoms with Crippen molar-refractivity contribution in [1.29, 1.82) is 0 Å². The van der Waals surface area contributed by atoms with Crippen LogP contribution in [0.1, 0.15) is 25.7 Å². The molecular weight excluding hydrogens is 478 g/mol. The molecule has 8 heteroatoms. The van der Waals surface area contributed by atoms with E-state index in [0.29, 0.717) is 18.3 Å². The minimum Gasteiger partial charge on any atom is -0.497 e. The summed E-state index contributed by atoms with van der Waals surface area (Å²) in [6, 6.07) is 22.2. The summed E-state index contributed by atoms with van der Waals surface area (Å²) in [5, 5.41) is 9.68. The molecule has 3 aromatic carbocycles. The maximum absolute atomic E-state index is 13.1. The molecule has 2 aromatic heterocycles. The van der Waals surface area contributed by atoms with Crippen LogP contribution in [-0.2, 0) is 17.9 Å². The molecule has 1 saturated heterocycles. The van der Waals surface area contributed by atoms with Gasteiger partial charge in [0, 0.05) is 45.5 Å². The number of nitrogens with one attached hydrogen (secondary N) is 1. The van der Waals surface area contributed by atoms with Crippen molar-refractivity contribution in [2.75, 3.05) is 25.5 Å². The fourth-order valence-electron chi connectivity index (χ4n) is 5.44. The first-order chi connectivity index (χ1) is 18.6. The summed E-state index contributed by atoms with van der Waals surface area (Å²) in [6.45, 7) is 5.26. The SMILES string of the molecule is CCn1c2ccccc2c2cc(NC(=O)C3CCN(Cc4nc(-c5ccc(OC)cc5)no4)CC3)ccc21. The average Bonchev–Trinajstić information content (AvgIpc) is 3.55. The van der Waals surface area contributed by atoms with E-state index in [1.165, 1.54) is 21.8 Å². The van der Waals surface area contributed by atoms with E-state index >= 15 is 0 Å². The predicted molar refractivity (Wildman–Crippen MR) is 148 cm³/mol. The highest BCUT2D eigenvalue weighted by molar-refractivity contribution is 6.09. The number of hydrogen-bond donors (Lipinski definition) is 1. The number of carbonyl (C=O) groups excluding carboxylic acids is 1. The quantitative estimate of drug-likeness (QED) is 0.302.